The molecule has 31 heavy (non-hydrogen) atoms. The van der Waals surface area contributed by atoms with Crippen molar-refractivity contribution in [3.05, 3.63) is 63.9 Å². The van der Waals surface area contributed by atoms with E-state index < -0.39 is 12.1 Å². The fourth-order valence-electron chi connectivity index (χ4n) is 3.57. The number of halogens is 3. The Morgan fingerprint density at radius 1 is 1.29 bits per heavy atom. The third-order valence-electron chi connectivity index (χ3n) is 4.83. The molecule has 0 saturated heterocycles. The number of rotatable bonds is 3. The Morgan fingerprint density at radius 3 is 2.58 bits per heavy atom. The first-order valence-electron chi connectivity index (χ1n) is 8.97. The quantitative estimate of drug-likeness (QED) is 0.671. The maximum absolute atomic E-state index is 12.8. The van der Waals surface area contributed by atoms with Crippen LogP contribution in [0, 0.1) is 0 Å². The molecule has 2 aromatic rings. The van der Waals surface area contributed by atoms with Crippen molar-refractivity contribution in [2.24, 2.45) is 5.73 Å². The van der Waals surface area contributed by atoms with Gasteiger partial charge in [-0.1, -0.05) is 12.1 Å². The number of nitrogens with zero attached hydrogens (tertiary/aromatic N) is 2. The second-order valence-corrected chi connectivity index (χ2v) is 7.13. The molecule has 162 valence electrons. The predicted molar refractivity (Wildman–Crippen MR) is 102 cm³/mol. The smallest absolute Gasteiger partial charge is 0.430 e. The number of hydrogen-bond donors (Lipinski definition) is 1. The van der Waals surface area contributed by atoms with Gasteiger partial charge >= 0.3 is 6.18 Å². The molecule has 0 spiro atoms. The van der Waals surface area contributed by atoms with Gasteiger partial charge in [-0.05, 0) is 24.3 Å². The third kappa shape index (κ3) is 4.29. The van der Waals surface area contributed by atoms with Crippen LogP contribution in [0.25, 0.3) is 18.0 Å². The summed E-state index contributed by atoms with van der Waals surface area (Å²) >= 11 is 0. The van der Waals surface area contributed by atoms with Gasteiger partial charge in [0, 0.05) is 17.0 Å². The minimum Gasteiger partial charge on any atom is -0.542 e. The number of hydrogen-bond acceptors (Lipinski definition) is 6. The summed E-state index contributed by atoms with van der Waals surface area (Å²) in [5, 5.41) is 10.7. The molecule has 1 aromatic heterocycles. The van der Waals surface area contributed by atoms with Gasteiger partial charge in [-0.3, -0.25) is 14.3 Å². The van der Waals surface area contributed by atoms with Crippen LogP contribution < -0.4 is 26.0 Å². The normalized spacial score (nSPS) is 18.9. The second kappa shape index (κ2) is 7.88. The summed E-state index contributed by atoms with van der Waals surface area (Å²) in [6, 6.07) is 9.84. The fourth-order valence-corrected chi connectivity index (χ4v) is 3.57. The minimum absolute atomic E-state index is 0.115. The number of nitrogens with two attached hydrogens (primary N) is 1. The average Bonchev–Trinajstić information content (AvgIpc) is 2.99. The molecule has 0 fully saturated rings. The molecule has 0 saturated carbocycles. The van der Waals surface area contributed by atoms with E-state index in [-0.39, 0.29) is 11.5 Å². The number of pyridine rings is 1. The van der Waals surface area contributed by atoms with E-state index in [0.717, 1.165) is 27.4 Å². The summed E-state index contributed by atoms with van der Waals surface area (Å²) in [6.07, 6.45) is 0.322. The summed E-state index contributed by atoms with van der Waals surface area (Å²) in [7, 11) is 3.67. The monoisotopic (exact) mass is 433 g/mol. The summed E-state index contributed by atoms with van der Waals surface area (Å²) in [6.45, 7) is 0.639. The number of benzene rings is 1. The van der Waals surface area contributed by atoms with E-state index in [4.69, 9.17) is 20.4 Å². The van der Waals surface area contributed by atoms with Crippen LogP contribution in [0.5, 0.6) is 5.75 Å². The first-order chi connectivity index (χ1) is 14.5. The molecule has 4 rings (SSSR count). The maximum atomic E-state index is 12.8. The van der Waals surface area contributed by atoms with Crippen molar-refractivity contribution in [3.63, 3.8) is 0 Å². The standard InChI is InChI=1S/C19H18N3O2.C2HF3O2/c1-22(10-12-4-3-5-14(8-12)24-2)11-13-6-7-21-16-9-15(20)19(23)18(22)17(13)16;3-2(4,5)1(6)7/h3-9,11H,10,20H2,1-2H3;(H,6,7)/q+1;/p-1. The number of carbonyl (C=O) groups excluding carboxylic acids is 2. The molecule has 2 N–H and O–H groups in total. The van der Waals surface area contributed by atoms with E-state index >= 15 is 0 Å². The van der Waals surface area contributed by atoms with Crippen molar-refractivity contribution in [1.82, 2.24) is 4.98 Å². The molecule has 2 aliphatic rings. The maximum Gasteiger partial charge on any atom is 0.430 e. The highest BCUT2D eigenvalue weighted by molar-refractivity contribution is 6.24. The van der Waals surface area contributed by atoms with Crippen molar-refractivity contribution in [2.75, 3.05) is 14.2 Å². The average molecular weight is 433 g/mol. The van der Waals surface area contributed by atoms with Crippen molar-refractivity contribution < 1.29 is 37.1 Å². The molecule has 0 bridgehead atoms. The van der Waals surface area contributed by atoms with Gasteiger partial charge in [0.2, 0.25) is 0 Å². The van der Waals surface area contributed by atoms with Gasteiger partial charge in [-0.25, -0.2) is 0 Å². The molecule has 7 nitrogen and oxygen atoms in total. The summed E-state index contributed by atoms with van der Waals surface area (Å²) in [5.41, 5.74) is 8.74. The van der Waals surface area contributed by atoms with Crippen molar-refractivity contribution in [2.45, 2.75) is 12.7 Å². The van der Waals surface area contributed by atoms with Crippen LogP contribution in [0.4, 0.5) is 13.2 Å². The molecular formula is C21H18F3N3O4. The zero-order valence-electron chi connectivity index (χ0n) is 16.6. The predicted octanol–water partition coefficient (Wildman–Crippen LogP) is -0.222. The van der Waals surface area contributed by atoms with Gasteiger partial charge in [0.05, 0.1) is 30.8 Å². The van der Waals surface area contributed by atoms with Crippen LogP contribution >= 0.6 is 0 Å². The van der Waals surface area contributed by atoms with Gasteiger partial charge in [0.25, 0.3) is 5.78 Å². The second-order valence-electron chi connectivity index (χ2n) is 7.13. The van der Waals surface area contributed by atoms with Crippen LogP contribution in [-0.4, -0.2) is 41.6 Å². The molecule has 1 aliphatic carbocycles. The van der Waals surface area contributed by atoms with Gasteiger partial charge in [-0.15, -0.1) is 0 Å². The lowest BCUT2D eigenvalue weighted by Crippen LogP contribution is -2.42. The lowest BCUT2D eigenvalue weighted by atomic mass is 10.0. The zero-order valence-corrected chi connectivity index (χ0v) is 16.6. The van der Waals surface area contributed by atoms with E-state index in [1.54, 1.807) is 19.4 Å². The molecule has 1 atom stereocenters. The lowest BCUT2D eigenvalue weighted by Gasteiger charge is -2.29. The molecule has 10 heteroatoms. The van der Waals surface area contributed by atoms with Crippen LogP contribution in [0.2, 0.25) is 0 Å². The number of carboxylic acid groups (broad SMARTS) is 1. The van der Waals surface area contributed by atoms with Crippen LogP contribution in [0.1, 0.15) is 11.3 Å². The Hall–Kier alpha value is -3.66. The number of alkyl halides is 3. The highest BCUT2D eigenvalue weighted by atomic mass is 19.4. The Balaban J connectivity index is 0.000000339. The summed E-state index contributed by atoms with van der Waals surface area (Å²) in [4.78, 5) is 25.9. The Labute approximate surface area is 174 Å². The van der Waals surface area contributed by atoms with Crippen molar-refractivity contribution in [1.29, 1.82) is 0 Å². The number of carboxylic acids is 1. The van der Waals surface area contributed by atoms with E-state index in [0.29, 0.717) is 16.7 Å². The highest BCUT2D eigenvalue weighted by Crippen LogP contribution is 2.28. The largest absolute Gasteiger partial charge is 0.542 e. The van der Waals surface area contributed by atoms with Crippen molar-refractivity contribution in [3.8, 4) is 5.75 Å². The number of methoxy groups -OCH3 is 1. The van der Waals surface area contributed by atoms with E-state index in [1.165, 1.54) is 0 Å². The van der Waals surface area contributed by atoms with Crippen LogP contribution in [0.15, 0.2) is 42.2 Å². The number of ether oxygens (including phenoxy) is 1. The number of Topliss-reactive ketones (excluding diaryl/α,β-unsaturated/α-hetero) is 1. The van der Waals surface area contributed by atoms with Gasteiger partial charge in [-0.2, -0.15) is 13.2 Å². The Bertz CT molecular complexity index is 1220. The Morgan fingerprint density at radius 2 is 1.97 bits per heavy atom. The minimum atomic E-state index is -5.19. The van der Waals surface area contributed by atoms with Gasteiger partial charge in [0.1, 0.15) is 24.5 Å². The molecule has 1 unspecified atom stereocenters. The summed E-state index contributed by atoms with van der Waals surface area (Å²) in [5.74, 6) is -2.32. The van der Waals surface area contributed by atoms with Crippen LogP contribution in [-0.2, 0) is 16.1 Å². The van der Waals surface area contributed by atoms with Gasteiger partial charge < -0.3 is 20.4 Å². The number of aliphatic carboxylic acids is 1. The zero-order chi connectivity index (χ0) is 23.0. The first kappa shape index (κ1) is 22.0. The first-order valence-corrected chi connectivity index (χ1v) is 8.97. The molecule has 1 aliphatic heterocycles. The molecular weight excluding hydrogens is 415 g/mol. The van der Waals surface area contributed by atoms with E-state index in [9.17, 15) is 18.0 Å². The molecule has 0 radical (unpaired) electrons. The van der Waals surface area contributed by atoms with E-state index in [1.807, 2.05) is 37.4 Å². The number of quaternary nitrogens is 1. The SMILES string of the molecule is COc1cccc(C[N+]2(C)C=c3ccnc4c3=C2C(=O)C(N)=C4)c1.O=C([O-])C(F)(F)F. The molecule has 2 heterocycles. The molecule has 1 aromatic carbocycles. The van der Waals surface area contributed by atoms with Crippen LogP contribution in [0.3, 0.4) is 0 Å². The Kier molecular flexibility index (Phi) is 5.60. The number of aromatic nitrogens is 1. The summed E-state index contributed by atoms with van der Waals surface area (Å²) < 4.78 is 37.2. The van der Waals surface area contributed by atoms with Gasteiger partial charge in [0.15, 0.2) is 5.70 Å². The third-order valence-corrected chi connectivity index (χ3v) is 4.83. The fraction of sp³-hybridized carbons (Fsp3) is 0.190. The number of likely N-dealkylation sites (N-methyl/N-ethyl adjacent to an activating group) is 1. The number of ketones is 1. The molecule has 0 amide bonds. The van der Waals surface area contributed by atoms with E-state index in [2.05, 4.69) is 11.2 Å². The number of carbonyl (C=O) groups is 2. The topological polar surface area (TPSA) is 105 Å². The van der Waals surface area contributed by atoms with Crippen molar-refractivity contribution >= 4 is 29.7 Å². The highest BCUT2D eigenvalue weighted by Gasteiger charge is 2.40. The lowest BCUT2D eigenvalue weighted by molar-refractivity contribution is -0.768.